The SMILES string of the molecule is Cc1cc(Br)cc2[nH]c(C3CCCC3C)nc12. The number of hydrogen-bond acceptors (Lipinski definition) is 1. The van der Waals surface area contributed by atoms with Gasteiger partial charge in [0.25, 0.3) is 0 Å². The maximum absolute atomic E-state index is 4.81. The summed E-state index contributed by atoms with van der Waals surface area (Å²) in [6.45, 7) is 4.46. The third-order valence-electron chi connectivity index (χ3n) is 3.97. The number of nitrogens with zero attached hydrogens (tertiary/aromatic N) is 1. The molecule has 2 nitrogen and oxygen atoms in total. The molecule has 1 heterocycles. The molecule has 1 N–H and O–H groups in total. The Kier molecular flexibility index (Phi) is 2.74. The average molecular weight is 293 g/mol. The highest BCUT2D eigenvalue weighted by Gasteiger charge is 2.27. The van der Waals surface area contributed by atoms with Crippen LogP contribution in [0.1, 0.15) is 43.5 Å². The van der Waals surface area contributed by atoms with E-state index in [9.17, 15) is 0 Å². The number of benzene rings is 1. The van der Waals surface area contributed by atoms with Crippen molar-refractivity contribution in [3.05, 3.63) is 28.0 Å². The molecule has 2 atom stereocenters. The van der Waals surface area contributed by atoms with E-state index in [-0.39, 0.29) is 0 Å². The van der Waals surface area contributed by atoms with E-state index in [0.717, 1.165) is 21.4 Å². The highest BCUT2D eigenvalue weighted by Crippen LogP contribution is 2.38. The monoisotopic (exact) mass is 292 g/mol. The molecule has 17 heavy (non-hydrogen) atoms. The van der Waals surface area contributed by atoms with Crippen molar-refractivity contribution in [3.63, 3.8) is 0 Å². The van der Waals surface area contributed by atoms with Gasteiger partial charge >= 0.3 is 0 Å². The molecule has 1 fully saturated rings. The molecular formula is C14H17BrN2. The first kappa shape index (κ1) is 11.3. The summed E-state index contributed by atoms with van der Waals surface area (Å²) in [7, 11) is 0. The van der Waals surface area contributed by atoms with Gasteiger partial charge in [-0.15, -0.1) is 0 Å². The van der Waals surface area contributed by atoms with Crippen LogP contribution in [0.25, 0.3) is 11.0 Å². The number of nitrogens with one attached hydrogen (secondary N) is 1. The third-order valence-corrected chi connectivity index (χ3v) is 4.43. The maximum Gasteiger partial charge on any atom is 0.110 e. The van der Waals surface area contributed by atoms with Crippen LogP contribution in [0.4, 0.5) is 0 Å². The zero-order valence-corrected chi connectivity index (χ0v) is 11.8. The Labute approximate surface area is 110 Å². The van der Waals surface area contributed by atoms with Gasteiger partial charge in [-0.3, -0.25) is 0 Å². The molecule has 3 heteroatoms. The van der Waals surface area contributed by atoms with E-state index >= 15 is 0 Å². The van der Waals surface area contributed by atoms with Gasteiger partial charge in [-0.25, -0.2) is 4.98 Å². The Morgan fingerprint density at radius 3 is 2.88 bits per heavy atom. The zero-order chi connectivity index (χ0) is 12.0. The molecule has 2 unspecified atom stereocenters. The highest BCUT2D eigenvalue weighted by molar-refractivity contribution is 9.10. The van der Waals surface area contributed by atoms with Gasteiger partial charge in [0.1, 0.15) is 5.82 Å². The number of imidazole rings is 1. The van der Waals surface area contributed by atoms with Gasteiger partial charge in [0.05, 0.1) is 11.0 Å². The zero-order valence-electron chi connectivity index (χ0n) is 10.3. The lowest BCUT2D eigenvalue weighted by atomic mass is 9.98. The molecule has 0 spiro atoms. The predicted molar refractivity (Wildman–Crippen MR) is 74.3 cm³/mol. The molecule has 1 aromatic carbocycles. The Hall–Kier alpha value is -0.830. The van der Waals surface area contributed by atoms with Gasteiger partial charge in [0.2, 0.25) is 0 Å². The molecule has 0 amide bonds. The number of halogens is 1. The smallest absolute Gasteiger partial charge is 0.110 e. The van der Waals surface area contributed by atoms with Crippen molar-refractivity contribution in [2.45, 2.75) is 39.0 Å². The average Bonchev–Trinajstić information content (AvgIpc) is 2.83. The molecular weight excluding hydrogens is 276 g/mol. The maximum atomic E-state index is 4.81. The van der Waals surface area contributed by atoms with Crippen LogP contribution in [0.5, 0.6) is 0 Å². The first-order chi connectivity index (χ1) is 8.15. The molecule has 2 aromatic rings. The van der Waals surface area contributed by atoms with Gasteiger partial charge in [-0.2, -0.15) is 0 Å². The van der Waals surface area contributed by atoms with Crippen molar-refractivity contribution < 1.29 is 0 Å². The van der Waals surface area contributed by atoms with Crippen LogP contribution in [0, 0.1) is 12.8 Å². The number of aromatic nitrogens is 2. The van der Waals surface area contributed by atoms with Crippen LogP contribution in [0.15, 0.2) is 16.6 Å². The number of H-pyrrole nitrogens is 1. The molecule has 90 valence electrons. The Balaban J connectivity index is 2.10. The summed E-state index contributed by atoms with van der Waals surface area (Å²) in [5, 5.41) is 0. The minimum atomic E-state index is 0.626. The standard InChI is InChI=1S/C14H17BrN2/c1-8-4-3-5-11(8)14-16-12-7-10(15)6-9(2)13(12)17-14/h6-8,11H,3-5H2,1-2H3,(H,16,17). The number of aromatic amines is 1. The van der Waals surface area contributed by atoms with Crippen molar-refractivity contribution in [3.8, 4) is 0 Å². The Morgan fingerprint density at radius 2 is 2.18 bits per heavy atom. The van der Waals surface area contributed by atoms with Crippen LogP contribution in [-0.4, -0.2) is 9.97 Å². The lowest BCUT2D eigenvalue weighted by Gasteiger charge is -2.11. The lowest BCUT2D eigenvalue weighted by Crippen LogP contribution is -2.03. The molecule has 1 aliphatic carbocycles. The van der Waals surface area contributed by atoms with E-state index in [1.165, 1.54) is 30.7 Å². The summed E-state index contributed by atoms with van der Waals surface area (Å²) in [4.78, 5) is 8.32. The molecule has 0 saturated heterocycles. The minimum Gasteiger partial charge on any atom is -0.342 e. The Bertz CT molecular complexity index is 559. The van der Waals surface area contributed by atoms with Crippen LogP contribution >= 0.6 is 15.9 Å². The number of aryl methyl sites for hydroxylation is 1. The van der Waals surface area contributed by atoms with E-state index in [1.54, 1.807) is 0 Å². The molecule has 1 aliphatic rings. The number of hydrogen-bond donors (Lipinski definition) is 1. The summed E-state index contributed by atoms with van der Waals surface area (Å²) in [6, 6.07) is 4.25. The lowest BCUT2D eigenvalue weighted by molar-refractivity contribution is 0.514. The van der Waals surface area contributed by atoms with Gasteiger partial charge < -0.3 is 4.98 Å². The largest absolute Gasteiger partial charge is 0.342 e. The first-order valence-corrected chi connectivity index (χ1v) is 7.10. The van der Waals surface area contributed by atoms with Crippen molar-refractivity contribution in [2.75, 3.05) is 0 Å². The topological polar surface area (TPSA) is 28.7 Å². The predicted octanol–water partition coefficient (Wildman–Crippen LogP) is 4.54. The molecule has 3 rings (SSSR count). The van der Waals surface area contributed by atoms with Crippen molar-refractivity contribution in [2.24, 2.45) is 5.92 Å². The molecule has 0 radical (unpaired) electrons. The van der Waals surface area contributed by atoms with Gasteiger partial charge in [-0.1, -0.05) is 29.3 Å². The van der Waals surface area contributed by atoms with E-state index in [2.05, 4.69) is 46.9 Å². The van der Waals surface area contributed by atoms with Crippen molar-refractivity contribution in [1.29, 1.82) is 0 Å². The van der Waals surface area contributed by atoms with Crippen LogP contribution in [0.3, 0.4) is 0 Å². The van der Waals surface area contributed by atoms with Gasteiger partial charge in [0.15, 0.2) is 0 Å². The summed E-state index contributed by atoms with van der Waals surface area (Å²) in [5.41, 5.74) is 3.52. The Morgan fingerprint density at radius 1 is 1.35 bits per heavy atom. The minimum absolute atomic E-state index is 0.626. The first-order valence-electron chi connectivity index (χ1n) is 6.31. The van der Waals surface area contributed by atoms with E-state index in [0.29, 0.717) is 5.92 Å². The second-order valence-electron chi connectivity index (χ2n) is 5.26. The molecule has 1 saturated carbocycles. The van der Waals surface area contributed by atoms with E-state index in [1.807, 2.05) is 0 Å². The molecule has 0 bridgehead atoms. The van der Waals surface area contributed by atoms with Gasteiger partial charge in [0, 0.05) is 10.4 Å². The van der Waals surface area contributed by atoms with Crippen molar-refractivity contribution >= 4 is 27.0 Å². The summed E-state index contributed by atoms with van der Waals surface area (Å²) in [5.74, 6) is 2.58. The highest BCUT2D eigenvalue weighted by atomic mass is 79.9. The molecule has 1 aromatic heterocycles. The fraction of sp³-hybridized carbons (Fsp3) is 0.500. The van der Waals surface area contributed by atoms with E-state index < -0.39 is 0 Å². The quantitative estimate of drug-likeness (QED) is 0.821. The second kappa shape index (κ2) is 4.13. The third kappa shape index (κ3) is 1.90. The van der Waals surface area contributed by atoms with Crippen LogP contribution in [-0.2, 0) is 0 Å². The van der Waals surface area contributed by atoms with Gasteiger partial charge in [-0.05, 0) is 43.4 Å². The van der Waals surface area contributed by atoms with E-state index in [4.69, 9.17) is 4.98 Å². The fourth-order valence-corrected chi connectivity index (χ4v) is 3.57. The number of rotatable bonds is 1. The summed E-state index contributed by atoms with van der Waals surface area (Å²) < 4.78 is 1.12. The van der Waals surface area contributed by atoms with Crippen LogP contribution < -0.4 is 0 Å². The number of fused-ring (bicyclic) bond motifs is 1. The van der Waals surface area contributed by atoms with Crippen LogP contribution in [0.2, 0.25) is 0 Å². The second-order valence-corrected chi connectivity index (χ2v) is 6.17. The summed E-state index contributed by atoms with van der Waals surface area (Å²) in [6.07, 6.45) is 3.96. The van der Waals surface area contributed by atoms with Crippen molar-refractivity contribution in [1.82, 2.24) is 9.97 Å². The normalized spacial score (nSPS) is 24.6. The molecule has 0 aliphatic heterocycles. The fourth-order valence-electron chi connectivity index (χ4n) is 2.99. The summed E-state index contributed by atoms with van der Waals surface area (Å²) >= 11 is 3.54.